The van der Waals surface area contributed by atoms with Gasteiger partial charge in [-0.05, 0) is 32.0 Å². The number of aryl methyl sites for hydroxylation is 2. The van der Waals surface area contributed by atoms with Gasteiger partial charge in [0.25, 0.3) is 0 Å². The number of carboxylic acids is 1. The van der Waals surface area contributed by atoms with E-state index in [1.807, 2.05) is 19.9 Å². The average Bonchev–Trinajstić information content (AvgIpc) is 2.31. The van der Waals surface area contributed by atoms with Crippen molar-refractivity contribution in [3.05, 3.63) is 53.3 Å². The molecular formula is C14H13NO3. The number of ether oxygens (including phenoxy) is 1. The minimum atomic E-state index is -1.00. The molecule has 0 unspecified atom stereocenters. The van der Waals surface area contributed by atoms with Crippen LogP contribution in [-0.4, -0.2) is 16.1 Å². The van der Waals surface area contributed by atoms with Gasteiger partial charge in [-0.15, -0.1) is 0 Å². The molecule has 4 heteroatoms. The fourth-order valence-electron chi connectivity index (χ4n) is 1.61. The van der Waals surface area contributed by atoms with Crippen LogP contribution in [0.1, 0.15) is 21.6 Å². The van der Waals surface area contributed by atoms with Crippen molar-refractivity contribution in [2.75, 3.05) is 0 Å². The number of pyridine rings is 1. The van der Waals surface area contributed by atoms with Crippen LogP contribution in [0.3, 0.4) is 0 Å². The molecule has 0 aliphatic heterocycles. The zero-order chi connectivity index (χ0) is 13.1. The molecule has 18 heavy (non-hydrogen) atoms. The molecule has 0 radical (unpaired) electrons. The summed E-state index contributed by atoms with van der Waals surface area (Å²) in [6.07, 6.45) is 1.62. The first-order valence-electron chi connectivity index (χ1n) is 5.51. The molecule has 2 aromatic rings. The van der Waals surface area contributed by atoms with E-state index < -0.39 is 5.97 Å². The van der Waals surface area contributed by atoms with Gasteiger partial charge >= 0.3 is 5.97 Å². The molecule has 0 saturated carbocycles. The lowest BCUT2D eigenvalue weighted by Crippen LogP contribution is -2.00. The molecular weight excluding hydrogens is 230 g/mol. The summed E-state index contributed by atoms with van der Waals surface area (Å²) < 4.78 is 5.59. The van der Waals surface area contributed by atoms with E-state index in [1.165, 1.54) is 0 Å². The van der Waals surface area contributed by atoms with Crippen LogP contribution in [-0.2, 0) is 0 Å². The van der Waals surface area contributed by atoms with Gasteiger partial charge in [0.15, 0.2) is 0 Å². The molecule has 1 aromatic heterocycles. The molecule has 1 aromatic carbocycles. The minimum absolute atomic E-state index is 0.157. The van der Waals surface area contributed by atoms with Crippen molar-refractivity contribution in [3.8, 4) is 11.5 Å². The van der Waals surface area contributed by atoms with E-state index >= 15 is 0 Å². The molecule has 0 aliphatic carbocycles. The number of hydrogen-bond donors (Lipinski definition) is 1. The van der Waals surface area contributed by atoms with E-state index in [1.54, 1.807) is 30.5 Å². The predicted octanol–water partition coefficient (Wildman–Crippen LogP) is 3.19. The Morgan fingerprint density at radius 2 is 2.00 bits per heavy atom. The number of aromatic carboxylic acids is 1. The Labute approximate surface area is 105 Å². The molecule has 0 aliphatic rings. The van der Waals surface area contributed by atoms with E-state index in [0.717, 1.165) is 11.3 Å². The van der Waals surface area contributed by atoms with E-state index in [4.69, 9.17) is 9.84 Å². The first-order valence-corrected chi connectivity index (χ1v) is 5.51. The molecule has 1 N–H and O–H groups in total. The van der Waals surface area contributed by atoms with Crippen molar-refractivity contribution in [1.82, 2.24) is 4.98 Å². The Morgan fingerprint density at radius 1 is 1.22 bits per heavy atom. The number of rotatable bonds is 3. The summed E-state index contributed by atoms with van der Waals surface area (Å²) in [6, 6.07) is 8.51. The first-order chi connectivity index (χ1) is 8.56. The lowest BCUT2D eigenvalue weighted by molar-refractivity contribution is 0.0694. The van der Waals surface area contributed by atoms with E-state index in [0.29, 0.717) is 11.5 Å². The summed E-state index contributed by atoms with van der Waals surface area (Å²) in [5.41, 5.74) is 1.85. The second kappa shape index (κ2) is 4.87. The third-order valence-electron chi connectivity index (χ3n) is 2.46. The molecule has 92 valence electrons. The number of hydrogen-bond acceptors (Lipinski definition) is 3. The molecule has 4 nitrogen and oxygen atoms in total. The SMILES string of the molecule is Cc1ccc(Oc2ccnc(C)c2)c(C(=O)O)c1. The van der Waals surface area contributed by atoms with Crippen LogP contribution in [0.2, 0.25) is 0 Å². The fraction of sp³-hybridized carbons (Fsp3) is 0.143. The third kappa shape index (κ3) is 2.66. The summed E-state index contributed by atoms with van der Waals surface area (Å²) in [5.74, 6) is -0.0907. The van der Waals surface area contributed by atoms with Crippen LogP contribution >= 0.6 is 0 Å². The summed E-state index contributed by atoms with van der Waals surface area (Å²) in [6.45, 7) is 3.69. The Hall–Kier alpha value is -2.36. The maximum Gasteiger partial charge on any atom is 0.339 e. The normalized spacial score (nSPS) is 10.1. The Morgan fingerprint density at radius 3 is 2.67 bits per heavy atom. The number of carbonyl (C=O) groups is 1. The van der Waals surface area contributed by atoms with Crippen LogP contribution in [0.5, 0.6) is 11.5 Å². The number of aromatic nitrogens is 1. The molecule has 2 rings (SSSR count). The molecule has 0 fully saturated rings. The molecule has 0 spiro atoms. The smallest absolute Gasteiger partial charge is 0.339 e. The summed E-state index contributed by atoms with van der Waals surface area (Å²) >= 11 is 0. The van der Waals surface area contributed by atoms with Crippen molar-refractivity contribution in [3.63, 3.8) is 0 Å². The predicted molar refractivity (Wildman–Crippen MR) is 67.2 cm³/mol. The maximum absolute atomic E-state index is 11.1. The van der Waals surface area contributed by atoms with Gasteiger partial charge in [-0.25, -0.2) is 4.79 Å². The highest BCUT2D eigenvalue weighted by Crippen LogP contribution is 2.26. The number of benzene rings is 1. The Bertz CT molecular complexity index is 593. The average molecular weight is 243 g/mol. The monoisotopic (exact) mass is 243 g/mol. The van der Waals surface area contributed by atoms with Gasteiger partial charge < -0.3 is 9.84 Å². The Kier molecular flexibility index (Phi) is 3.28. The molecule has 0 atom stereocenters. The van der Waals surface area contributed by atoms with E-state index in [-0.39, 0.29) is 5.56 Å². The Balaban J connectivity index is 2.37. The lowest BCUT2D eigenvalue weighted by atomic mass is 10.1. The highest BCUT2D eigenvalue weighted by Gasteiger charge is 2.12. The summed E-state index contributed by atoms with van der Waals surface area (Å²) in [4.78, 5) is 15.2. The minimum Gasteiger partial charge on any atom is -0.478 e. The van der Waals surface area contributed by atoms with Crippen molar-refractivity contribution in [1.29, 1.82) is 0 Å². The highest BCUT2D eigenvalue weighted by molar-refractivity contribution is 5.91. The summed E-state index contributed by atoms with van der Waals surface area (Å²) in [7, 11) is 0. The van der Waals surface area contributed by atoms with Crippen molar-refractivity contribution >= 4 is 5.97 Å². The van der Waals surface area contributed by atoms with Crippen LogP contribution < -0.4 is 4.74 Å². The van der Waals surface area contributed by atoms with Crippen LogP contribution in [0.4, 0.5) is 0 Å². The fourth-order valence-corrected chi connectivity index (χ4v) is 1.61. The number of carboxylic acid groups (broad SMARTS) is 1. The number of nitrogens with zero attached hydrogens (tertiary/aromatic N) is 1. The topological polar surface area (TPSA) is 59.4 Å². The van der Waals surface area contributed by atoms with Gasteiger partial charge in [0.1, 0.15) is 17.1 Å². The second-order valence-corrected chi connectivity index (χ2v) is 4.04. The van der Waals surface area contributed by atoms with Crippen LogP contribution in [0, 0.1) is 13.8 Å². The van der Waals surface area contributed by atoms with Crippen LogP contribution in [0.15, 0.2) is 36.5 Å². The molecule has 1 heterocycles. The van der Waals surface area contributed by atoms with Crippen LogP contribution in [0.25, 0.3) is 0 Å². The highest BCUT2D eigenvalue weighted by atomic mass is 16.5. The van der Waals surface area contributed by atoms with Gasteiger partial charge in [0.05, 0.1) is 0 Å². The van der Waals surface area contributed by atoms with E-state index in [2.05, 4.69) is 4.98 Å². The van der Waals surface area contributed by atoms with Gasteiger partial charge in [-0.3, -0.25) is 4.98 Å². The molecule has 0 bridgehead atoms. The standard InChI is InChI=1S/C14H13NO3/c1-9-3-4-13(12(7-9)14(16)17)18-11-5-6-15-10(2)8-11/h3-8H,1-2H3,(H,16,17). The lowest BCUT2D eigenvalue weighted by Gasteiger charge is -2.09. The van der Waals surface area contributed by atoms with Crippen molar-refractivity contribution in [2.45, 2.75) is 13.8 Å². The quantitative estimate of drug-likeness (QED) is 0.899. The largest absolute Gasteiger partial charge is 0.478 e. The first kappa shape index (κ1) is 12.1. The van der Waals surface area contributed by atoms with Gasteiger partial charge in [-0.1, -0.05) is 11.6 Å². The van der Waals surface area contributed by atoms with Gasteiger partial charge in [0.2, 0.25) is 0 Å². The zero-order valence-electron chi connectivity index (χ0n) is 10.2. The molecule has 0 saturated heterocycles. The van der Waals surface area contributed by atoms with E-state index in [9.17, 15) is 4.79 Å². The zero-order valence-corrected chi connectivity index (χ0v) is 10.2. The third-order valence-corrected chi connectivity index (χ3v) is 2.46. The molecule has 0 amide bonds. The van der Waals surface area contributed by atoms with Gasteiger partial charge in [0, 0.05) is 18.0 Å². The second-order valence-electron chi connectivity index (χ2n) is 4.04. The van der Waals surface area contributed by atoms with Crippen molar-refractivity contribution in [2.24, 2.45) is 0 Å². The van der Waals surface area contributed by atoms with Gasteiger partial charge in [-0.2, -0.15) is 0 Å². The maximum atomic E-state index is 11.1. The summed E-state index contributed by atoms with van der Waals surface area (Å²) in [5, 5.41) is 9.13. The van der Waals surface area contributed by atoms with Crippen molar-refractivity contribution < 1.29 is 14.6 Å².